The molecule has 1 fully saturated rings. The molecule has 0 spiro atoms. The van der Waals surface area contributed by atoms with Crippen LogP contribution in [-0.2, 0) is 0 Å². The lowest BCUT2D eigenvalue weighted by atomic mass is 10.1. The van der Waals surface area contributed by atoms with E-state index in [0.29, 0.717) is 5.56 Å². The van der Waals surface area contributed by atoms with Crippen molar-refractivity contribution in [2.45, 2.75) is 38.5 Å². The Kier molecular flexibility index (Phi) is 6.09. The number of anilines is 2. The molecule has 0 atom stereocenters. The smallest absolute Gasteiger partial charge is 0.406 e. The lowest BCUT2D eigenvalue weighted by molar-refractivity contribution is -0.274. The molecule has 0 unspecified atom stereocenters. The van der Waals surface area contributed by atoms with Gasteiger partial charge in [0.2, 0.25) is 5.92 Å². The normalized spacial score (nSPS) is 16.7. The maximum atomic E-state index is 13.6. The van der Waals surface area contributed by atoms with E-state index in [4.69, 9.17) is 0 Å². The van der Waals surface area contributed by atoms with E-state index < -0.39 is 30.4 Å². The molecule has 1 aliphatic rings. The number of likely N-dealkylation sites (tertiary alicyclic amines) is 1. The quantitative estimate of drug-likeness (QED) is 0.713. The highest BCUT2D eigenvalue weighted by Crippen LogP contribution is 2.29. The highest BCUT2D eigenvalue weighted by molar-refractivity contribution is 5.94. The Morgan fingerprint density at radius 1 is 1.17 bits per heavy atom. The second-order valence-corrected chi connectivity index (χ2v) is 6.91. The Morgan fingerprint density at radius 2 is 1.93 bits per heavy atom. The Bertz CT molecular complexity index is 920. The SMILES string of the molecule is Cc1ccc(Nc2cc(OC(F)(F)F)ccn2)nc1C(=O)N1CCCC(F)(F)CC1. The van der Waals surface area contributed by atoms with Crippen molar-refractivity contribution in [2.75, 3.05) is 18.4 Å². The standard InChI is InChI=1S/C19H19F5N4O2/c1-12-3-4-14(26-15-11-13(5-8-25-15)30-19(22,23)24)27-16(12)17(29)28-9-2-6-18(20,21)7-10-28/h3-5,8,11H,2,6-7,9-10H2,1H3,(H,25,26,27). The number of aromatic nitrogens is 2. The first kappa shape index (κ1) is 21.7. The molecule has 11 heteroatoms. The summed E-state index contributed by atoms with van der Waals surface area (Å²) in [5.41, 5.74) is 0.622. The van der Waals surface area contributed by atoms with Crippen LogP contribution in [0.3, 0.4) is 0 Å². The third-order valence-corrected chi connectivity index (χ3v) is 4.53. The number of hydrogen-bond donors (Lipinski definition) is 1. The summed E-state index contributed by atoms with van der Waals surface area (Å²) in [7, 11) is 0. The number of carbonyl (C=O) groups is 1. The van der Waals surface area contributed by atoms with Crippen molar-refractivity contribution in [2.24, 2.45) is 0 Å². The first-order chi connectivity index (χ1) is 14.0. The molecule has 0 radical (unpaired) electrons. The van der Waals surface area contributed by atoms with Gasteiger partial charge in [-0.05, 0) is 31.0 Å². The largest absolute Gasteiger partial charge is 0.573 e. The van der Waals surface area contributed by atoms with Gasteiger partial charge in [-0.25, -0.2) is 18.7 Å². The topological polar surface area (TPSA) is 67.3 Å². The molecular weight excluding hydrogens is 411 g/mol. The summed E-state index contributed by atoms with van der Waals surface area (Å²) in [6.45, 7) is 1.78. The van der Waals surface area contributed by atoms with Gasteiger partial charge in [-0.1, -0.05) is 6.07 Å². The molecule has 1 aliphatic heterocycles. The van der Waals surface area contributed by atoms with Gasteiger partial charge >= 0.3 is 6.36 Å². The van der Waals surface area contributed by atoms with Crippen molar-refractivity contribution in [3.05, 3.63) is 41.7 Å². The van der Waals surface area contributed by atoms with E-state index in [9.17, 15) is 26.7 Å². The summed E-state index contributed by atoms with van der Waals surface area (Å²) >= 11 is 0. The lowest BCUT2D eigenvalue weighted by Crippen LogP contribution is -2.33. The number of pyridine rings is 2. The summed E-state index contributed by atoms with van der Waals surface area (Å²) in [4.78, 5) is 22.3. The minimum Gasteiger partial charge on any atom is -0.406 e. The molecule has 2 aromatic heterocycles. The van der Waals surface area contributed by atoms with Gasteiger partial charge < -0.3 is 15.0 Å². The molecule has 3 heterocycles. The zero-order valence-electron chi connectivity index (χ0n) is 16.0. The number of nitrogens with zero attached hydrogens (tertiary/aromatic N) is 3. The van der Waals surface area contributed by atoms with Gasteiger partial charge in [0.1, 0.15) is 23.1 Å². The van der Waals surface area contributed by atoms with Crippen LogP contribution in [0.2, 0.25) is 0 Å². The summed E-state index contributed by atoms with van der Waals surface area (Å²) in [5.74, 6) is -3.54. The maximum Gasteiger partial charge on any atom is 0.573 e. The molecule has 30 heavy (non-hydrogen) atoms. The van der Waals surface area contributed by atoms with E-state index in [0.717, 1.165) is 18.3 Å². The van der Waals surface area contributed by atoms with E-state index in [1.165, 1.54) is 11.0 Å². The van der Waals surface area contributed by atoms with Gasteiger partial charge in [0.25, 0.3) is 5.91 Å². The van der Waals surface area contributed by atoms with Gasteiger partial charge in [0, 0.05) is 38.2 Å². The van der Waals surface area contributed by atoms with E-state index in [1.54, 1.807) is 13.0 Å². The predicted octanol–water partition coefficient (Wildman–Crippen LogP) is 4.69. The minimum absolute atomic E-state index is 0.0286. The van der Waals surface area contributed by atoms with E-state index in [1.807, 2.05) is 0 Å². The van der Waals surface area contributed by atoms with Crippen molar-refractivity contribution in [1.29, 1.82) is 0 Å². The molecule has 0 saturated carbocycles. The average Bonchev–Trinajstić information content (AvgIpc) is 2.82. The average molecular weight is 430 g/mol. The number of carbonyl (C=O) groups excluding carboxylic acids is 1. The lowest BCUT2D eigenvalue weighted by Gasteiger charge is -2.21. The highest BCUT2D eigenvalue weighted by Gasteiger charge is 2.34. The molecule has 2 aromatic rings. The van der Waals surface area contributed by atoms with Gasteiger partial charge in [0.15, 0.2) is 0 Å². The van der Waals surface area contributed by atoms with Crippen molar-refractivity contribution in [3.8, 4) is 5.75 Å². The van der Waals surface area contributed by atoms with Crippen LogP contribution in [0.5, 0.6) is 5.75 Å². The third kappa shape index (κ3) is 5.77. The van der Waals surface area contributed by atoms with Gasteiger partial charge in [-0.2, -0.15) is 0 Å². The molecule has 1 amide bonds. The van der Waals surface area contributed by atoms with Crippen molar-refractivity contribution < 1.29 is 31.5 Å². The zero-order chi connectivity index (χ0) is 21.9. The molecule has 0 aromatic carbocycles. The molecule has 1 N–H and O–H groups in total. The predicted molar refractivity (Wildman–Crippen MR) is 97.9 cm³/mol. The third-order valence-electron chi connectivity index (χ3n) is 4.53. The van der Waals surface area contributed by atoms with Crippen molar-refractivity contribution >= 4 is 17.5 Å². The van der Waals surface area contributed by atoms with Gasteiger partial charge in [-0.15, -0.1) is 13.2 Å². The number of halogens is 5. The summed E-state index contributed by atoms with van der Waals surface area (Å²) in [6, 6.07) is 5.21. The van der Waals surface area contributed by atoms with Crippen LogP contribution in [-0.4, -0.2) is 46.1 Å². The van der Waals surface area contributed by atoms with Crippen LogP contribution < -0.4 is 10.1 Å². The molecular formula is C19H19F5N4O2. The maximum absolute atomic E-state index is 13.6. The van der Waals surface area contributed by atoms with Crippen LogP contribution in [0.1, 0.15) is 35.3 Å². The summed E-state index contributed by atoms with van der Waals surface area (Å²) in [5, 5.41) is 2.72. The Morgan fingerprint density at radius 3 is 2.67 bits per heavy atom. The van der Waals surface area contributed by atoms with E-state index in [2.05, 4.69) is 20.0 Å². The molecule has 1 saturated heterocycles. The molecule has 3 rings (SSSR count). The van der Waals surface area contributed by atoms with Gasteiger partial charge in [-0.3, -0.25) is 4.79 Å². The zero-order valence-corrected chi connectivity index (χ0v) is 16.0. The van der Waals surface area contributed by atoms with E-state index >= 15 is 0 Å². The monoisotopic (exact) mass is 430 g/mol. The number of aryl methyl sites for hydroxylation is 1. The second-order valence-electron chi connectivity index (χ2n) is 6.91. The van der Waals surface area contributed by atoms with Crippen LogP contribution in [0, 0.1) is 6.92 Å². The van der Waals surface area contributed by atoms with Gasteiger partial charge in [0.05, 0.1) is 0 Å². The molecule has 0 aliphatic carbocycles. The minimum atomic E-state index is -4.84. The van der Waals surface area contributed by atoms with Crippen molar-refractivity contribution in [1.82, 2.24) is 14.9 Å². The second kappa shape index (κ2) is 8.41. The fourth-order valence-electron chi connectivity index (χ4n) is 3.04. The molecule has 162 valence electrons. The molecule has 6 nitrogen and oxygen atoms in total. The Hall–Kier alpha value is -2.98. The number of alkyl halides is 5. The van der Waals surface area contributed by atoms with Crippen molar-refractivity contribution in [3.63, 3.8) is 0 Å². The van der Waals surface area contributed by atoms with E-state index in [-0.39, 0.29) is 43.3 Å². The van der Waals surface area contributed by atoms with Crippen LogP contribution in [0.4, 0.5) is 33.6 Å². The number of nitrogens with one attached hydrogen (secondary N) is 1. The Labute approximate surface area is 169 Å². The summed E-state index contributed by atoms with van der Waals surface area (Å²) in [6.07, 6.45) is -4.21. The number of ether oxygens (including phenoxy) is 1. The number of amides is 1. The Balaban J connectivity index is 1.77. The first-order valence-electron chi connectivity index (χ1n) is 9.16. The summed E-state index contributed by atoms with van der Waals surface area (Å²) < 4.78 is 68.1. The fraction of sp³-hybridized carbons (Fsp3) is 0.421. The van der Waals surface area contributed by atoms with Crippen LogP contribution in [0.25, 0.3) is 0 Å². The fourth-order valence-corrected chi connectivity index (χ4v) is 3.04. The van der Waals surface area contributed by atoms with Crippen LogP contribution in [0.15, 0.2) is 30.5 Å². The number of rotatable bonds is 4. The first-order valence-corrected chi connectivity index (χ1v) is 9.16. The number of hydrogen-bond acceptors (Lipinski definition) is 5. The highest BCUT2D eigenvalue weighted by atomic mass is 19.4. The van der Waals surface area contributed by atoms with Crippen LogP contribution >= 0.6 is 0 Å². The molecule has 0 bridgehead atoms.